The summed E-state index contributed by atoms with van der Waals surface area (Å²) in [7, 11) is 0. The molecule has 0 radical (unpaired) electrons. The third kappa shape index (κ3) is 3.35. The molecule has 6 heteroatoms. The number of benzene rings is 2. The predicted octanol–water partition coefficient (Wildman–Crippen LogP) is 4.13. The topological polar surface area (TPSA) is 38.0 Å². The van der Waals surface area contributed by atoms with Gasteiger partial charge in [-0.1, -0.05) is 29.8 Å². The number of rotatable bonds is 4. The molecule has 20 heavy (non-hydrogen) atoms. The molecule has 0 fully saturated rings. The average Bonchev–Trinajstić information content (AvgIpc) is 2.44. The van der Waals surface area contributed by atoms with Crippen LogP contribution in [0.2, 0.25) is 5.02 Å². The van der Waals surface area contributed by atoms with Crippen molar-refractivity contribution in [2.45, 2.75) is 12.5 Å². The molecular formula is C14H12BrClF2N2. The van der Waals surface area contributed by atoms with Crippen LogP contribution in [0.1, 0.15) is 17.2 Å². The molecule has 2 aromatic rings. The molecule has 0 bridgehead atoms. The highest BCUT2D eigenvalue weighted by atomic mass is 79.9. The summed E-state index contributed by atoms with van der Waals surface area (Å²) in [4.78, 5) is 0. The highest BCUT2D eigenvalue weighted by Gasteiger charge is 2.15. The Morgan fingerprint density at radius 3 is 2.65 bits per heavy atom. The van der Waals surface area contributed by atoms with Crippen LogP contribution in [0, 0.1) is 11.6 Å². The molecule has 2 aromatic carbocycles. The number of halogens is 4. The van der Waals surface area contributed by atoms with Crippen LogP contribution in [0.5, 0.6) is 0 Å². The summed E-state index contributed by atoms with van der Waals surface area (Å²) in [5.74, 6) is 4.69. The Bertz CT molecular complexity index is 622. The largest absolute Gasteiger partial charge is 0.271 e. The van der Waals surface area contributed by atoms with Gasteiger partial charge >= 0.3 is 0 Å². The second-order valence-electron chi connectivity index (χ2n) is 4.31. The number of nitrogens with two attached hydrogens (primary N) is 1. The van der Waals surface area contributed by atoms with E-state index in [0.717, 1.165) is 5.56 Å². The smallest absolute Gasteiger partial charge is 0.145 e. The van der Waals surface area contributed by atoms with Gasteiger partial charge in [0.2, 0.25) is 0 Å². The average molecular weight is 362 g/mol. The van der Waals surface area contributed by atoms with E-state index in [-0.39, 0.29) is 16.9 Å². The molecule has 0 saturated heterocycles. The molecule has 1 unspecified atom stereocenters. The van der Waals surface area contributed by atoms with Gasteiger partial charge in [0.15, 0.2) is 0 Å². The SMILES string of the molecule is NNC(Cc1cccc(Cl)c1F)c1ccc(F)c(Br)c1. The molecule has 2 rings (SSSR count). The summed E-state index contributed by atoms with van der Waals surface area (Å²) in [5, 5.41) is 0.0681. The normalized spacial score (nSPS) is 12.4. The van der Waals surface area contributed by atoms with Crippen molar-refractivity contribution in [3.63, 3.8) is 0 Å². The van der Waals surface area contributed by atoms with E-state index in [0.29, 0.717) is 16.5 Å². The molecule has 3 N–H and O–H groups in total. The molecule has 0 aromatic heterocycles. The van der Waals surface area contributed by atoms with E-state index in [1.54, 1.807) is 24.3 Å². The van der Waals surface area contributed by atoms with E-state index in [1.807, 2.05) is 0 Å². The maximum atomic E-state index is 13.9. The minimum Gasteiger partial charge on any atom is -0.271 e. The first-order chi connectivity index (χ1) is 9.52. The first-order valence-electron chi connectivity index (χ1n) is 5.87. The van der Waals surface area contributed by atoms with Gasteiger partial charge in [-0.2, -0.15) is 0 Å². The van der Waals surface area contributed by atoms with Crippen molar-refractivity contribution in [1.82, 2.24) is 5.43 Å². The Morgan fingerprint density at radius 2 is 2.00 bits per heavy atom. The zero-order valence-electron chi connectivity index (χ0n) is 10.3. The fourth-order valence-electron chi connectivity index (χ4n) is 1.93. The molecule has 1 atom stereocenters. The minimum atomic E-state index is -0.462. The Labute approximate surface area is 129 Å². The Balaban J connectivity index is 2.28. The van der Waals surface area contributed by atoms with Gasteiger partial charge in [0, 0.05) is 0 Å². The fraction of sp³-hybridized carbons (Fsp3) is 0.143. The van der Waals surface area contributed by atoms with E-state index in [9.17, 15) is 8.78 Å². The summed E-state index contributed by atoms with van der Waals surface area (Å²) in [6.07, 6.45) is 0.307. The molecule has 0 aliphatic rings. The lowest BCUT2D eigenvalue weighted by Crippen LogP contribution is -2.29. The molecule has 2 nitrogen and oxygen atoms in total. The van der Waals surface area contributed by atoms with Crippen molar-refractivity contribution in [2.75, 3.05) is 0 Å². The van der Waals surface area contributed by atoms with E-state index in [2.05, 4.69) is 21.4 Å². The van der Waals surface area contributed by atoms with E-state index >= 15 is 0 Å². The lowest BCUT2D eigenvalue weighted by atomic mass is 9.99. The van der Waals surface area contributed by atoms with Crippen molar-refractivity contribution in [2.24, 2.45) is 5.84 Å². The summed E-state index contributed by atoms with van der Waals surface area (Å²) < 4.78 is 27.5. The van der Waals surface area contributed by atoms with Crippen LogP contribution in [-0.4, -0.2) is 0 Å². The summed E-state index contributed by atoms with van der Waals surface area (Å²) in [6, 6.07) is 9.01. The second-order valence-corrected chi connectivity index (χ2v) is 5.57. The van der Waals surface area contributed by atoms with E-state index in [4.69, 9.17) is 17.4 Å². The van der Waals surface area contributed by atoms with Gasteiger partial charge in [-0.05, 0) is 51.7 Å². The highest BCUT2D eigenvalue weighted by molar-refractivity contribution is 9.10. The third-order valence-corrected chi connectivity index (χ3v) is 3.90. The van der Waals surface area contributed by atoms with Crippen LogP contribution >= 0.6 is 27.5 Å². The number of hydrogen-bond acceptors (Lipinski definition) is 2. The van der Waals surface area contributed by atoms with Gasteiger partial charge in [0.1, 0.15) is 11.6 Å². The zero-order chi connectivity index (χ0) is 14.7. The maximum absolute atomic E-state index is 13.9. The molecular weight excluding hydrogens is 350 g/mol. The van der Waals surface area contributed by atoms with E-state index < -0.39 is 5.82 Å². The standard InChI is InChI=1S/C14H12BrClF2N2/c15-10-6-8(4-5-12(10)17)13(20-19)7-9-2-1-3-11(16)14(9)18/h1-6,13,20H,7,19H2. The van der Waals surface area contributed by atoms with E-state index in [1.165, 1.54) is 12.1 Å². The third-order valence-electron chi connectivity index (χ3n) is 3.00. The summed E-state index contributed by atoms with van der Waals surface area (Å²) in [6.45, 7) is 0. The van der Waals surface area contributed by atoms with Gasteiger partial charge in [0.05, 0.1) is 15.5 Å². The monoisotopic (exact) mass is 360 g/mol. The van der Waals surface area contributed by atoms with Crippen LogP contribution in [0.3, 0.4) is 0 Å². The van der Waals surface area contributed by atoms with Crippen LogP contribution in [0.4, 0.5) is 8.78 Å². The molecule has 0 aliphatic heterocycles. The number of nitrogens with one attached hydrogen (secondary N) is 1. The number of hydrazine groups is 1. The van der Waals surface area contributed by atoms with Crippen molar-refractivity contribution < 1.29 is 8.78 Å². The Kier molecular flexibility index (Phi) is 5.10. The van der Waals surface area contributed by atoms with Gasteiger partial charge < -0.3 is 0 Å². The molecule has 106 valence electrons. The van der Waals surface area contributed by atoms with Gasteiger partial charge in [-0.15, -0.1) is 0 Å². The van der Waals surface area contributed by atoms with Gasteiger partial charge in [-0.3, -0.25) is 11.3 Å². The molecule has 0 heterocycles. The highest BCUT2D eigenvalue weighted by Crippen LogP contribution is 2.26. The maximum Gasteiger partial charge on any atom is 0.145 e. The summed E-state index contributed by atoms with van der Waals surface area (Å²) in [5.41, 5.74) is 3.80. The lowest BCUT2D eigenvalue weighted by Gasteiger charge is -2.17. The van der Waals surface area contributed by atoms with Crippen molar-refractivity contribution in [3.8, 4) is 0 Å². The molecule has 0 amide bonds. The quantitative estimate of drug-likeness (QED) is 0.635. The first-order valence-corrected chi connectivity index (χ1v) is 7.04. The van der Waals surface area contributed by atoms with Crippen LogP contribution < -0.4 is 11.3 Å². The molecule has 0 aliphatic carbocycles. The fourth-order valence-corrected chi connectivity index (χ4v) is 2.52. The number of hydrogen-bond donors (Lipinski definition) is 2. The van der Waals surface area contributed by atoms with Crippen molar-refractivity contribution in [3.05, 3.63) is 68.7 Å². The second kappa shape index (κ2) is 6.63. The minimum absolute atomic E-state index is 0.0681. The summed E-state index contributed by atoms with van der Waals surface area (Å²) >= 11 is 8.87. The van der Waals surface area contributed by atoms with Gasteiger partial charge in [-0.25, -0.2) is 8.78 Å². The zero-order valence-corrected chi connectivity index (χ0v) is 12.7. The molecule has 0 spiro atoms. The van der Waals surface area contributed by atoms with Crippen LogP contribution in [-0.2, 0) is 6.42 Å². The van der Waals surface area contributed by atoms with Crippen molar-refractivity contribution in [1.29, 1.82) is 0 Å². The molecule has 0 saturated carbocycles. The lowest BCUT2D eigenvalue weighted by molar-refractivity contribution is 0.527. The van der Waals surface area contributed by atoms with Crippen LogP contribution in [0.15, 0.2) is 40.9 Å². The predicted molar refractivity (Wildman–Crippen MR) is 79.3 cm³/mol. The Morgan fingerprint density at radius 1 is 1.25 bits per heavy atom. The van der Waals surface area contributed by atoms with Crippen molar-refractivity contribution >= 4 is 27.5 Å². The first kappa shape index (κ1) is 15.4. The van der Waals surface area contributed by atoms with Crippen LogP contribution in [0.25, 0.3) is 0 Å². The Hall–Kier alpha value is -1.01. The van der Waals surface area contributed by atoms with Gasteiger partial charge in [0.25, 0.3) is 0 Å².